The van der Waals surface area contributed by atoms with Gasteiger partial charge in [-0.1, -0.05) is 18.2 Å². The smallest absolute Gasteiger partial charge is 0.295 e. The fraction of sp³-hybridized carbons (Fsp3) is 0.0870. The first-order valence-electron chi connectivity index (χ1n) is 33.1. The van der Waals surface area contributed by atoms with Gasteiger partial charge in [0.15, 0.2) is 0 Å². The summed E-state index contributed by atoms with van der Waals surface area (Å²) >= 11 is 0. The van der Waals surface area contributed by atoms with Crippen molar-refractivity contribution in [2.45, 2.75) is 29.4 Å². The molecule has 0 bridgehead atoms. The average Bonchev–Trinajstić information content (AvgIpc) is 1.56. The van der Waals surface area contributed by atoms with Gasteiger partial charge in [0.25, 0.3) is 96.2 Å². The van der Waals surface area contributed by atoms with Crippen molar-refractivity contribution in [3.05, 3.63) is 199 Å². The quantitative estimate of drug-likeness (QED) is 0.0259. The minimum absolute atomic E-state index is 0.00280. The number of aryl methyl sites for hydroxylation is 6. The Morgan fingerprint density at radius 2 is 0.453 bits per heavy atom. The number of nitrogens with one attached hydrogen (secondary N) is 9. The molecule has 42 nitrogen and oxygen atoms in total. The maximum Gasteiger partial charge on any atom is 0.295 e. The van der Waals surface area contributed by atoms with E-state index in [1.807, 2.05) is 0 Å². The number of rotatable bonds is 24. The van der Waals surface area contributed by atoms with E-state index in [0.29, 0.717) is 18.2 Å². The fourth-order valence-electron chi connectivity index (χ4n) is 12.5. The Hall–Kier alpha value is -13.5. The molecule has 7 aromatic heterocycles. The highest BCUT2D eigenvalue weighted by molar-refractivity contribution is 7.87. The first-order valence-corrected chi connectivity index (χ1v) is 41.7. The molecule has 0 aliphatic rings. The molecule has 0 fully saturated rings. The molecule has 0 aliphatic carbocycles. The second-order valence-corrected chi connectivity index (χ2v) is 34.6. The molecule has 0 radical (unpaired) electrons. The van der Waals surface area contributed by atoms with Gasteiger partial charge in [-0.3, -0.25) is 56.1 Å². The largest absolute Gasteiger partial charge is 0.344 e. The van der Waals surface area contributed by atoms with E-state index in [0.717, 1.165) is 36.4 Å². The summed E-state index contributed by atoms with van der Waals surface area (Å²) in [4.78, 5) is 91.9. The second kappa shape index (κ2) is 30.0. The van der Waals surface area contributed by atoms with Crippen LogP contribution in [0.4, 0.5) is 69.0 Å². The number of hydrogen-bond acceptors (Lipinski definition) is 24. The highest BCUT2D eigenvalue weighted by Gasteiger charge is 2.28. The SMILES string of the molecule is Cn1cc(NC(=O)c2cc(Nc3nc(Nc4cc(C(=O)Nc5cc(C(=O)Nc6ccc7cc(S(=O)(=O)O)cc(S(=O)(=O)O)c7c6)n(C)c5)n(C)c4)nc(Nc4cc(C(=O)Nc5cc(C(=O)Nc6ccc7cc(S(=O)(=O)O)cc(S(=O)(=O)O)c7c6)n(C)c5)n(C)c4)n3)cn2C)cc1C(=O)Nc1ccc2cc(S(=O)(=O)O)cc(S(=O)(=O)O)c2c1. The van der Waals surface area contributed by atoms with Gasteiger partial charge < -0.3 is 75.3 Å². The van der Waals surface area contributed by atoms with E-state index in [1.165, 1.54) is 159 Å². The third-order valence-corrected chi connectivity index (χ3v) is 22.9. The number of amides is 6. The van der Waals surface area contributed by atoms with Crippen LogP contribution in [0.3, 0.4) is 0 Å². The van der Waals surface area contributed by atoms with Crippen LogP contribution in [0.5, 0.6) is 0 Å². The van der Waals surface area contributed by atoms with E-state index in [-0.39, 0.29) is 136 Å². The summed E-state index contributed by atoms with van der Waals surface area (Å²) in [5.41, 5.74) is 1.17. The Morgan fingerprint density at radius 3 is 0.658 bits per heavy atom. The molecule has 13 aromatic rings. The van der Waals surface area contributed by atoms with Crippen molar-refractivity contribution in [3.8, 4) is 0 Å². The van der Waals surface area contributed by atoms with Gasteiger partial charge in [-0.05, 0) is 125 Å². The summed E-state index contributed by atoms with van der Waals surface area (Å²) in [6.45, 7) is 0. The molecule has 0 spiro atoms. The third kappa shape index (κ3) is 17.7. The van der Waals surface area contributed by atoms with Gasteiger partial charge in [0, 0.05) is 113 Å². The van der Waals surface area contributed by atoms with Gasteiger partial charge in [-0.15, -0.1) is 0 Å². The number of aromatic nitrogens is 9. The van der Waals surface area contributed by atoms with Crippen LogP contribution in [0, 0.1) is 0 Å². The molecule has 6 aromatic carbocycles. The normalized spacial score (nSPS) is 12.2. The van der Waals surface area contributed by atoms with Gasteiger partial charge in [0.2, 0.25) is 17.8 Å². The molecule has 6 amide bonds. The van der Waals surface area contributed by atoms with E-state index in [1.54, 1.807) is 21.1 Å². The summed E-state index contributed by atoms with van der Waals surface area (Å²) < 4.78 is 212. The van der Waals surface area contributed by atoms with E-state index in [2.05, 4.69) is 62.8 Å². The second-order valence-electron chi connectivity index (χ2n) is 26.2. The average molecular weight is 1720 g/mol. The Kier molecular flexibility index (Phi) is 20.9. The minimum atomic E-state index is -5.07. The van der Waals surface area contributed by atoms with Crippen LogP contribution in [0.15, 0.2) is 194 Å². The van der Waals surface area contributed by atoms with Crippen LogP contribution in [0.2, 0.25) is 0 Å². The highest BCUT2D eigenvalue weighted by atomic mass is 32.2. The lowest BCUT2D eigenvalue weighted by atomic mass is 10.1. The van der Waals surface area contributed by atoms with Crippen molar-refractivity contribution in [2.75, 3.05) is 47.9 Å². The maximum atomic E-state index is 14.1. The van der Waals surface area contributed by atoms with Crippen LogP contribution in [-0.2, 0) is 103 Å². The van der Waals surface area contributed by atoms with E-state index < -0.39 is 126 Å². The Bertz CT molecular complexity index is 6540. The predicted molar refractivity (Wildman–Crippen MR) is 421 cm³/mol. The third-order valence-electron chi connectivity index (χ3n) is 17.8. The number of fused-ring (bicyclic) bond motifs is 3. The predicted octanol–water partition coefficient (Wildman–Crippen LogP) is 7.59. The first-order chi connectivity index (χ1) is 54.6. The van der Waals surface area contributed by atoms with Crippen LogP contribution in [-0.4, -0.2) is 156 Å². The molecule has 0 saturated carbocycles. The molecule has 0 unspecified atom stereocenters. The summed E-state index contributed by atoms with van der Waals surface area (Å²) in [5.74, 6) is -4.82. The van der Waals surface area contributed by atoms with Gasteiger partial charge in [-0.25, -0.2) is 0 Å². The molecule has 0 aliphatic heterocycles. The highest BCUT2D eigenvalue weighted by Crippen LogP contribution is 2.35. The van der Waals surface area contributed by atoms with Gasteiger partial charge >= 0.3 is 0 Å². The summed E-state index contributed by atoms with van der Waals surface area (Å²) in [5, 5.41) is 24.4. The van der Waals surface area contributed by atoms with Crippen molar-refractivity contribution in [1.29, 1.82) is 0 Å². The summed E-state index contributed by atoms with van der Waals surface area (Å²) in [7, 11) is -20.8. The molecular weight excluding hydrogens is 1660 g/mol. The Balaban J connectivity index is 0.730. The Labute approximate surface area is 660 Å². The maximum absolute atomic E-state index is 14.1. The van der Waals surface area contributed by atoms with Gasteiger partial charge in [-0.2, -0.15) is 65.5 Å². The molecule has 0 atom stereocenters. The van der Waals surface area contributed by atoms with Crippen molar-refractivity contribution >= 4 is 198 Å². The van der Waals surface area contributed by atoms with Crippen molar-refractivity contribution in [3.63, 3.8) is 0 Å². The monoisotopic (exact) mass is 1720 g/mol. The van der Waals surface area contributed by atoms with Gasteiger partial charge in [0.1, 0.15) is 48.9 Å². The summed E-state index contributed by atoms with van der Waals surface area (Å²) in [6.07, 6.45) is 8.77. The standard InChI is InChI=1S/C69H60N18O24S6/c1-82-28-40(19-52(82)61(88)70-37-10-7-34-13-46(112(94,95)96)25-58(49(34)16-37)115(103,104)105)73-64(91)55-22-43(31-85(55)4)76-67-79-68(77-44-23-56(86(5)32-44)65(92)74-41-20-53(83(2)29-41)62(89)71-38-11-8-35-14-47(113(97,98)99)26-59(50(35)17-38)116(106,107)108)81-69(80-67)78-45-24-57(87(6)33-45)66(93)75-42-21-54(84(3)30-42)63(90)72-39-12-9-36-15-48(114(100,101)102)27-60(51(36)18-39)117(109,110)111/h7-33H,1-6H3,(H,70,88)(H,71,89)(H,72,90)(H,73,91)(H,74,92)(H,75,93)(H,94,95,96)(H,97,98,99)(H,100,101,102)(H,103,104,105)(H,106,107,108)(H,109,110,111)(H3,76,77,78,79,80,81). The van der Waals surface area contributed by atoms with Crippen LogP contribution in [0.1, 0.15) is 62.9 Å². The molecular formula is C69H60N18O24S6. The number of nitrogens with zero attached hydrogens (tertiary/aromatic N) is 9. The molecule has 7 heterocycles. The summed E-state index contributed by atoms with van der Waals surface area (Å²) in [6, 6.07) is 24.0. The lowest BCUT2D eigenvalue weighted by molar-refractivity contribution is 0.101. The zero-order chi connectivity index (χ0) is 84.8. The zero-order valence-corrected chi connectivity index (χ0v) is 65.5. The fourth-order valence-corrected chi connectivity index (χ4v) is 16.5. The molecule has 117 heavy (non-hydrogen) atoms. The first kappa shape index (κ1) is 81.5. The zero-order valence-electron chi connectivity index (χ0n) is 60.6. The van der Waals surface area contributed by atoms with E-state index in [4.69, 9.17) is 0 Å². The van der Waals surface area contributed by atoms with E-state index >= 15 is 0 Å². The number of carbonyl (C=O) groups excluding carboxylic acids is 6. The van der Waals surface area contributed by atoms with Crippen LogP contribution in [0.25, 0.3) is 32.3 Å². The minimum Gasteiger partial charge on any atom is -0.344 e. The number of carbonyl (C=O) groups is 6. The lowest BCUT2D eigenvalue weighted by Gasteiger charge is -2.10. The Morgan fingerprint density at radius 1 is 0.256 bits per heavy atom. The van der Waals surface area contributed by atoms with Gasteiger partial charge in [0.05, 0.1) is 48.8 Å². The molecule has 606 valence electrons. The molecule has 15 N–H and O–H groups in total. The van der Waals surface area contributed by atoms with Crippen molar-refractivity contribution in [2.24, 2.45) is 42.3 Å². The molecule has 48 heteroatoms. The number of anilines is 12. The van der Waals surface area contributed by atoms with Crippen LogP contribution < -0.4 is 47.9 Å². The van der Waals surface area contributed by atoms with E-state index in [9.17, 15) is 107 Å². The molecule has 13 rings (SSSR count). The molecule has 0 saturated heterocycles. The van der Waals surface area contributed by atoms with Crippen molar-refractivity contribution < 1.29 is 107 Å². The number of hydrogen-bond donors (Lipinski definition) is 15. The van der Waals surface area contributed by atoms with Crippen LogP contribution >= 0.6 is 0 Å². The number of benzene rings is 6. The lowest BCUT2D eigenvalue weighted by Crippen LogP contribution is -2.15. The topological polar surface area (TPSA) is 605 Å². The van der Waals surface area contributed by atoms with Crippen molar-refractivity contribution in [1.82, 2.24) is 42.4 Å².